The van der Waals surface area contributed by atoms with E-state index in [1.165, 1.54) is 4.90 Å². The van der Waals surface area contributed by atoms with Crippen molar-refractivity contribution in [2.75, 3.05) is 0 Å². The van der Waals surface area contributed by atoms with Gasteiger partial charge in [0.05, 0.1) is 24.3 Å². The summed E-state index contributed by atoms with van der Waals surface area (Å²) in [4.78, 5) is 38.6. The molecular formula is C19H19NO4. The number of carbonyl (C=O) groups excluding carboxylic acids is 2. The van der Waals surface area contributed by atoms with Gasteiger partial charge in [-0.1, -0.05) is 36.4 Å². The van der Waals surface area contributed by atoms with E-state index in [1.807, 2.05) is 43.3 Å². The van der Waals surface area contributed by atoms with E-state index in [-0.39, 0.29) is 41.9 Å². The highest BCUT2D eigenvalue weighted by molar-refractivity contribution is 6.07. The Morgan fingerprint density at radius 3 is 2.29 bits per heavy atom. The molecule has 2 amide bonds. The molecule has 1 N–H and O–H groups in total. The molecule has 2 bridgehead atoms. The lowest BCUT2D eigenvalue weighted by Gasteiger charge is -2.28. The van der Waals surface area contributed by atoms with Gasteiger partial charge < -0.3 is 5.11 Å². The number of rotatable bonds is 4. The SMILES string of the molecule is Cc1ccccc1C(CC(=O)O)N1C(=O)C2C3C=CC(C3)C2C1=O. The number of aliphatic carboxylic acids is 1. The molecule has 5 atom stereocenters. The fraction of sp³-hybridized carbons (Fsp3) is 0.421. The minimum absolute atomic E-state index is 0.129. The Morgan fingerprint density at radius 2 is 1.75 bits per heavy atom. The second-order valence-electron chi connectivity index (χ2n) is 7.02. The first-order valence-corrected chi connectivity index (χ1v) is 8.31. The number of allylic oxidation sites excluding steroid dienone is 2. The van der Waals surface area contributed by atoms with Gasteiger partial charge in [-0.05, 0) is 36.3 Å². The first kappa shape index (κ1) is 15.1. The topological polar surface area (TPSA) is 74.7 Å². The van der Waals surface area contributed by atoms with E-state index in [1.54, 1.807) is 0 Å². The lowest BCUT2D eigenvalue weighted by Crippen LogP contribution is -2.38. The Labute approximate surface area is 140 Å². The molecule has 0 spiro atoms. The number of hydrogen-bond donors (Lipinski definition) is 1. The first-order valence-electron chi connectivity index (χ1n) is 8.31. The fourth-order valence-corrected chi connectivity index (χ4v) is 4.70. The van der Waals surface area contributed by atoms with Crippen LogP contribution in [0.4, 0.5) is 0 Å². The highest BCUT2D eigenvalue weighted by Crippen LogP contribution is 2.54. The number of nitrogens with zero attached hydrogens (tertiary/aromatic N) is 1. The van der Waals surface area contributed by atoms with E-state index >= 15 is 0 Å². The Balaban J connectivity index is 1.74. The molecule has 1 saturated heterocycles. The predicted octanol–water partition coefficient (Wildman–Crippen LogP) is 2.32. The van der Waals surface area contributed by atoms with Crippen LogP contribution in [0.15, 0.2) is 36.4 Å². The highest BCUT2D eigenvalue weighted by atomic mass is 16.4. The molecule has 0 aromatic heterocycles. The van der Waals surface area contributed by atoms with Crippen LogP contribution in [0.5, 0.6) is 0 Å². The van der Waals surface area contributed by atoms with Gasteiger partial charge in [0.25, 0.3) is 0 Å². The summed E-state index contributed by atoms with van der Waals surface area (Å²) in [7, 11) is 0. The summed E-state index contributed by atoms with van der Waals surface area (Å²) in [5, 5.41) is 9.33. The van der Waals surface area contributed by atoms with Crippen LogP contribution in [0, 0.1) is 30.6 Å². The van der Waals surface area contributed by atoms with Gasteiger partial charge in [0.2, 0.25) is 11.8 Å². The van der Waals surface area contributed by atoms with E-state index in [4.69, 9.17) is 0 Å². The van der Waals surface area contributed by atoms with Crippen molar-refractivity contribution in [1.82, 2.24) is 4.90 Å². The van der Waals surface area contributed by atoms with Crippen molar-refractivity contribution < 1.29 is 19.5 Å². The average Bonchev–Trinajstić information content (AvgIpc) is 3.20. The third-order valence-corrected chi connectivity index (χ3v) is 5.73. The predicted molar refractivity (Wildman–Crippen MR) is 85.7 cm³/mol. The lowest BCUT2D eigenvalue weighted by molar-refractivity contribution is -0.146. The van der Waals surface area contributed by atoms with Crippen LogP contribution in [0.3, 0.4) is 0 Å². The molecule has 5 unspecified atom stereocenters. The molecule has 124 valence electrons. The molecule has 1 heterocycles. The molecule has 4 rings (SSSR count). The van der Waals surface area contributed by atoms with E-state index in [2.05, 4.69) is 0 Å². The van der Waals surface area contributed by atoms with Gasteiger partial charge in [0, 0.05) is 0 Å². The molecule has 2 fully saturated rings. The molecule has 1 aliphatic heterocycles. The maximum atomic E-state index is 13.0. The summed E-state index contributed by atoms with van der Waals surface area (Å²) < 4.78 is 0. The second-order valence-corrected chi connectivity index (χ2v) is 7.02. The summed E-state index contributed by atoms with van der Waals surface area (Å²) in [6.45, 7) is 1.88. The van der Waals surface area contributed by atoms with Gasteiger partial charge in [0.1, 0.15) is 0 Å². The number of carboxylic acids is 1. The molecule has 1 aromatic rings. The van der Waals surface area contributed by atoms with Crippen molar-refractivity contribution in [2.24, 2.45) is 23.7 Å². The zero-order valence-electron chi connectivity index (χ0n) is 13.4. The smallest absolute Gasteiger partial charge is 0.305 e. The molecule has 2 aliphatic carbocycles. The lowest BCUT2D eigenvalue weighted by atomic mass is 9.85. The largest absolute Gasteiger partial charge is 0.481 e. The first-order chi connectivity index (χ1) is 11.5. The van der Waals surface area contributed by atoms with Gasteiger partial charge in [-0.25, -0.2) is 0 Å². The minimum Gasteiger partial charge on any atom is -0.481 e. The minimum atomic E-state index is -1.01. The van der Waals surface area contributed by atoms with E-state index in [9.17, 15) is 19.5 Å². The number of aryl methyl sites for hydroxylation is 1. The van der Waals surface area contributed by atoms with E-state index < -0.39 is 12.0 Å². The number of hydrogen-bond acceptors (Lipinski definition) is 3. The number of amides is 2. The summed E-state index contributed by atoms with van der Waals surface area (Å²) >= 11 is 0. The number of benzene rings is 1. The summed E-state index contributed by atoms with van der Waals surface area (Å²) in [5.41, 5.74) is 1.63. The number of fused-ring (bicyclic) bond motifs is 5. The molecular weight excluding hydrogens is 306 g/mol. The second kappa shape index (κ2) is 5.30. The number of carbonyl (C=O) groups is 3. The van der Waals surface area contributed by atoms with Crippen LogP contribution >= 0.6 is 0 Å². The van der Waals surface area contributed by atoms with Crippen LogP contribution in [0.2, 0.25) is 0 Å². The van der Waals surface area contributed by atoms with Gasteiger partial charge >= 0.3 is 5.97 Å². The Morgan fingerprint density at radius 1 is 1.17 bits per heavy atom. The number of carboxylic acid groups (broad SMARTS) is 1. The van der Waals surface area contributed by atoms with Crippen molar-refractivity contribution in [3.05, 3.63) is 47.5 Å². The van der Waals surface area contributed by atoms with Gasteiger partial charge in [0.15, 0.2) is 0 Å². The quantitative estimate of drug-likeness (QED) is 0.681. The van der Waals surface area contributed by atoms with Crippen molar-refractivity contribution in [2.45, 2.75) is 25.8 Å². The maximum Gasteiger partial charge on any atom is 0.305 e. The average molecular weight is 325 g/mol. The Bertz CT molecular complexity index is 738. The van der Waals surface area contributed by atoms with Crippen LogP contribution in [0.1, 0.15) is 30.0 Å². The van der Waals surface area contributed by atoms with Crippen LogP contribution in [0.25, 0.3) is 0 Å². The molecule has 5 nitrogen and oxygen atoms in total. The molecule has 3 aliphatic rings. The molecule has 24 heavy (non-hydrogen) atoms. The Kier molecular flexibility index (Phi) is 3.34. The van der Waals surface area contributed by atoms with Crippen LogP contribution in [-0.2, 0) is 14.4 Å². The van der Waals surface area contributed by atoms with Gasteiger partial charge in [-0.15, -0.1) is 0 Å². The number of likely N-dealkylation sites (tertiary alicyclic amines) is 1. The molecule has 0 radical (unpaired) electrons. The monoisotopic (exact) mass is 325 g/mol. The van der Waals surface area contributed by atoms with Crippen LogP contribution in [-0.4, -0.2) is 27.8 Å². The fourth-order valence-electron chi connectivity index (χ4n) is 4.70. The van der Waals surface area contributed by atoms with E-state index in [0.717, 1.165) is 17.5 Å². The standard InChI is InChI=1S/C19H19NO4/c1-10-4-2-3-5-13(10)14(9-15(21)22)20-18(23)16-11-6-7-12(8-11)17(16)19(20)24/h2-7,11-12,14,16-17H,8-9H2,1H3,(H,21,22). The third kappa shape index (κ3) is 2.04. The van der Waals surface area contributed by atoms with E-state index in [0.29, 0.717) is 0 Å². The summed E-state index contributed by atoms with van der Waals surface area (Å²) in [6.07, 6.45) is 4.69. The van der Waals surface area contributed by atoms with Gasteiger partial charge in [-0.2, -0.15) is 0 Å². The summed E-state index contributed by atoms with van der Waals surface area (Å²) in [6, 6.07) is 6.64. The maximum absolute atomic E-state index is 13.0. The Hall–Kier alpha value is -2.43. The normalized spacial score (nSPS) is 31.6. The zero-order valence-corrected chi connectivity index (χ0v) is 13.4. The zero-order chi connectivity index (χ0) is 17.0. The molecule has 5 heteroatoms. The van der Waals surface area contributed by atoms with Crippen molar-refractivity contribution in [3.8, 4) is 0 Å². The summed E-state index contributed by atoms with van der Waals surface area (Å²) in [5.74, 6) is -1.75. The number of imide groups is 1. The van der Waals surface area contributed by atoms with Crippen molar-refractivity contribution in [1.29, 1.82) is 0 Å². The van der Waals surface area contributed by atoms with Crippen LogP contribution < -0.4 is 0 Å². The van der Waals surface area contributed by atoms with Crippen molar-refractivity contribution >= 4 is 17.8 Å². The molecule has 1 saturated carbocycles. The third-order valence-electron chi connectivity index (χ3n) is 5.73. The van der Waals surface area contributed by atoms with Gasteiger partial charge in [-0.3, -0.25) is 19.3 Å². The molecule has 1 aromatic carbocycles. The highest BCUT2D eigenvalue weighted by Gasteiger charge is 2.60. The van der Waals surface area contributed by atoms with Crippen molar-refractivity contribution in [3.63, 3.8) is 0 Å².